The fraction of sp³-hybridized carbons (Fsp3) is 0.103. The second-order valence-corrected chi connectivity index (χ2v) is 12.4. The number of halogens is 1. The molecule has 10 heteroatoms. The van der Waals surface area contributed by atoms with Crippen molar-refractivity contribution in [2.45, 2.75) is 17.1 Å². The van der Waals surface area contributed by atoms with Gasteiger partial charge in [0.1, 0.15) is 22.4 Å². The number of carbonyl (C=O) groups excluding carboxylic acids is 3. The summed E-state index contributed by atoms with van der Waals surface area (Å²) in [5.74, 6) is -0.264. The molecule has 0 aliphatic carbocycles. The van der Waals surface area contributed by atoms with Crippen LogP contribution in [0, 0.1) is 6.92 Å². The highest BCUT2D eigenvalue weighted by Gasteiger charge is 2.24. The number of hydrogen-bond acceptors (Lipinski definition) is 6. The maximum Gasteiger partial charge on any atom is 0.272 e. The Kier molecular flexibility index (Phi) is 11.8. The summed E-state index contributed by atoms with van der Waals surface area (Å²) in [7, 11) is 3.05. The standard InChI is InChI=1S/C39H34ClN3O5S/c1-25-21-32(35(48-3)24-31(25)40)42-39(46)36(26-13-6-4-7-14-26)49-30-19-12-18-29(23-30)41-38(45)33(22-28-17-10-11-20-34(28)47-2)43-37(44)27-15-8-5-9-16-27/h4-24,36H,1-3H3,(H,41,45)(H,42,46)(H,43,44)/b33-22+. The molecule has 0 radical (unpaired) electrons. The van der Waals surface area contributed by atoms with Gasteiger partial charge in [-0.25, -0.2) is 0 Å². The fourth-order valence-electron chi connectivity index (χ4n) is 4.89. The number of rotatable bonds is 12. The lowest BCUT2D eigenvalue weighted by molar-refractivity contribution is -0.116. The predicted octanol–water partition coefficient (Wildman–Crippen LogP) is 8.55. The molecule has 5 aromatic carbocycles. The number of benzene rings is 5. The van der Waals surface area contributed by atoms with Crippen LogP contribution in [0.25, 0.3) is 6.08 Å². The van der Waals surface area contributed by atoms with Crippen LogP contribution in [0.1, 0.15) is 32.3 Å². The third-order valence-corrected chi connectivity index (χ3v) is 9.05. The first-order valence-corrected chi connectivity index (χ1v) is 16.5. The Labute approximate surface area is 294 Å². The summed E-state index contributed by atoms with van der Waals surface area (Å²) in [5, 5.41) is 8.53. The molecule has 8 nitrogen and oxygen atoms in total. The molecule has 0 aliphatic rings. The van der Waals surface area contributed by atoms with Crippen LogP contribution >= 0.6 is 23.4 Å². The number of nitrogens with one attached hydrogen (secondary N) is 3. The molecule has 0 fully saturated rings. The van der Waals surface area contributed by atoms with Gasteiger partial charge >= 0.3 is 0 Å². The molecule has 0 saturated carbocycles. The van der Waals surface area contributed by atoms with Gasteiger partial charge < -0.3 is 25.4 Å². The van der Waals surface area contributed by atoms with Crippen molar-refractivity contribution in [3.05, 3.63) is 154 Å². The van der Waals surface area contributed by atoms with E-state index in [9.17, 15) is 14.4 Å². The summed E-state index contributed by atoms with van der Waals surface area (Å²) in [6.07, 6.45) is 1.57. The smallest absolute Gasteiger partial charge is 0.272 e. The van der Waals surface area contributed by atoms with Crippen LogP contribution in [-0.4, -0.2) is 31.9 Å². The Hall–Kier alpha value is -5.51. The molecule has 248 valence electrons. The van der Waals surface area contributed by atoms with Gasteiger partial charge in [-0.05, 0) is 66.6 Å². The number of aryl methyl sites for hydroxylation is 1. The lowest BCUT2D eigenvalue weighted by atomic mass is 10.1. The van der Waals surface area contributed by atoms with Crippen LogP contribution in [0.5, 0.6) is 11.5 Å². The van der Waals surface area contributed by atoms with Gasteiger partial charge in [-0.2, -0.15) is 0 Å². The average molecular weight is 692 g/mol. The third-order valence-electron chi connectivity index (χ3n) is 7.39. The maximum absolute atomic E-state index is 13.8. The van der Waals surface area contributed by atoms with Crippen LogP contribution in [0.4, 0.5) is 11.4 Å². The highest BCUT2D eigenvalue weighted by atomic mass is 35.5. The topological polar surface area (TPSA) is 106 Å². The molecule has 1 unspecified atom stereocenters. The highest BCUT2D eigenvalue weighted by Crippen LogP contribution is 2.39. The fourth-order valence-corrected chi connectivity index (χ4v) is 6.13. The third kappa shape index (κ3) is 9.10. The highest BCUT2D eigenvalue weighted by molar-refractivity contribution is 8.00. The quantitative estimate of drug-likeness (QED) is 0.0895. The zero-order valence-corrected chi connectivity index (χ0v) is 28.6. The second-order valence-electron chi connectivity index (χ2n) is 10.8. The summed E-state index contributed by atoms with van der Waals surface area (Å²) in [4.78, 5) is 41.4. The first-order valence-electron chi connectivity index (χ1n) is 15.2. The lowest BCUT2D eigenvalue weighted by Crippen LogP contribution is -2.30. The maximum atomic E-state index is 13.8. The minimum absolute atomic E-state index is 0.0187. The van der Waals surface area contributed by atoms with E-state index in [2.05, 4.69) is 16.0 Å². The summed E-state index contributed by atoms with van der Waals surface area (Å²) in [6.45, 7) is 1.85. The van der Waals surface area contributed by atoms with E-state index >= 15 is 0 Å². The number of thioether (sulfide) groups is 1. The summed E-state index contributed by atoms with van der Waals surface area (Å²) in [5.41, 5.74) is 3.58. The second kappa shape index (κ2) is 16.5. The molecule has 5 rings (SSSR count). The monoisotopic (exact) mass is 691 g/mol. The molecule has 49 heavy (non-hydrogen) atoms. The van der Waals surface area contributed by atoms with Crippen molar-refractivity contribution in [2.24, 2.45) is 0 Å². The average Bonchev–Trinajstić information content (AvgIpc) is 3.12. The Morgan fingerprint density at radius 1 is 0.755 bits per heavy atom. The molecule has 0 bridgehead atoms. The summed E-state index contributed by atoms with van der Waals surface area (Å²) in [6, 6.07) is 35.8. The Bertz CT molecular complexity index is 1990. The molecule has 0 saturated heterocycles. The van der Waals surface area contributed by atoms with Crippen molar-refractivity contribution in [3.63, 3.8) is 0 Å². The van der Waals surface area contributed by atoms with E-state index in [1.165, 1.54) is 26.0 Å². The molecule has 0 aromatic heterocycles. The van der Waals surface area contributed by atoms with Crippen LogP contribution < -0.4 is 25.4 Å². The van der Waals surface area contributed by atoms with E-state index in [1.54, 1.807) is 72.8 Å². The van der Waals surface area contributed by atoms with Crippen LogP contribution in [0.3, 0.4) is 0 Å². The zero-order valence-electron chi connectivity index (χ0n) is 27.0. The minimum atomic E-state index is -0.654. The molecule has 0 aliphatic heterocycles. The summed E-state index contributed by atoms with van der Waals surface area (Å²) >= 11 is 7.61. The van der Waals surface area contributed by atoms with Crippen molar-refractivity contribution in [2.75, 3.05) is 24.9 Å². The number of methoxy groups -OCH3 is 2. The minimum Gasteiger partial charge on any atom is -0.496 e. The molecule has 5 aromatic rings. The molecule has 1 atom stereocenters. The van der Waals surface area contributed by atoms with E-state index in [-0.39, 0.29) is 11.6 Å². The zero-order chi connectivity index (χ0) is 34.8. The predicted molar refractivity (Wildman–Crippen MR) is 196 cm³/mol. The Morgan fingerprint density at radius 3 is 2.14 bits per heavy atom. The van der Waals surface area contributed by atoms with Crippen molar-refractivity contribution in [1.29, 1.82) is 0 Å². The largest absolute Gasteiger partial charge is 0.496 e. The molecule has 3 amide bonds. The van der Waals surface area contributed by atoms with E-state index in [1.807, 2.05) is 61.5 Å². The van der Waals surface area contributed by atoms with Crippen LogP contribution in [0.2, 0.25) is 5.02 Å². The number of para-hydroxylation sites is 1. The van der Waals surface area contributed by atoms with E-state index in [4.69, 9.17) is 21.1 Å². The first-order chi connectivity index (χ1) is 23.7. The van der Waals surface area contributed by atoms with E-state index in [0.717, 1.165) is 16.0 Å². The lowest BCUT2D eigenvalue weighted by Gasteiger charge is -2.19. The normalized spacial score (nSPS) is 11.6. The van der Waals surface area contributed by atoms with Gasteiger partial charge in [0.15, 0.2) is 0 Å². The van der Waals surface area contributed by atoms with Crippen LogP contribution in [0.15, 0.2) is 132 Å². The van der Waals surface area contributed by atoms with Crippen molar-refractivity contribution in [3.8, 4) is 11.5 Å². The molecular formula is C39H34ClN3O5S. The van der Waals surface area contributed by atoms with Crippen molar-refractivity contribution >= 4 is 58.5 Å². The van der Waals surface area contributed by atoms with Crippen molar-refractivity contribution in [1.82, 2.24) is 5.32 Å². The van der Waals surface area contributed by atoms with Crippen molar-refractivity contribution < 1.29 is 23.9 Å². The number of hydrogen-bond donors (Lipinski definition) is 3. The Morgan fingerprint density at radius 2 is 1.43 bits per heavy atom. The molecule has 0 heterocycles. The van der Waals surface area contributed by atoms with Gasteiger partial charge in [-0.15, -0.1) is 11.8 Å². The number of ether oxygens (including phenoxy) is 2. The van der Waals surface area contributed by atoms with Gasteiger partial charge in [0.25, 0.3) is 11.8 Å². The van der Waals surface area contributed by atoms with Crippen LogP contribution in [-0.2, 0) is 9.59 Å². The van der Waals surface area contributed by atoms with Gasteiger partial charge in [-0.3, -0.25) is 14.4 Å². The summed E-state index contributed by atoms with van der Waals surface area (Å²) < 4.78 is 10.9. The number of carbonyl (C=O) groups is 3. The SMILES string of the molecule is COc1ccccc1/C=C(/NC(=O)c1ccccc1)C(=O)Nc1cccc(SC(C(=O)Nc2cc(C)c(Cl)cc2OC)c2ccccc2)c1. The first kappa shape index (κ1) is 34.8. The molecular weight excluding hydrogens is 658 g/mol. The molecule has 0 spiro atoms. The van der Waals surface area contributed by atoms with Gasteiger partial charge in [-0.1, -0.05) is 84.4 Å². The van der Waals surface area contributed by atoms with E-state index < -0.39 is 17.1 Å². The van der Waals surface area contributed by atoms with Gasteiger partial charge in [0.2, 0.25) is 5.91 Å². The van der Waals surface area contributed by atoms with E-state index in [0.29, 0.717) is 39.0 Å². The Balaban J connectivity index is 1.41. The van der Waals surface area contributed by atoms with Gasteiger partial charge in [0.05, 0.1) is 19.9 Å². The number of anilines is 2. The van der Waals surface area contributed by atoms with Gasteiger partial charge in [0, 0.05) is 32.8 Å². The molecule has 3 N–H and O–H groups in total. The number of amides is 3.